The molecular weight excluding hydrogens is 247 g/mol. The molecule has 2 fully saturated rings. The first-order valence-electron chi connectivity index (χ1n) is 6.26. The smallest absolute Gasteiger partial charge is 0.338 e. The van der Waals surface area contributed by atoms with Gasteiger partial charge in [-0.3, -0.25) is 4.90 Å². The summed E-state index contributed by atoms with van der Waals surface area (Å²) in [6.45, 7) is 0.462. The number of nitrogens with one attached hydrogen (secondary N) is 2. The number of amides is 2. The fourth-order valence-electron chi connectivity index (χ4n) is 2.18. The summed E-state index contributed by atoms with van der Waals surface area (Å²) in [6.07, 6.45) is -1.38. The van der Waals surface area contributed by atoms with Gasteiger partial charge in [0.1, 0.15) is 0 Å². The lowest BCUT2D eigenvalue weighted by Crippen LogP contribution is -2.40. The van der Waals surface area contributed by atoms with Gasteiger partial charge in [0.05, 0.1) is 6.54 Å². The van der Waals surface area contributed by atoms with E-state index in [9.17, 15) is 18.0 Å². The van der Waals surface area contributed by atoms with E-state index in [4.69, 9.17) is 0 Å². The normalized spacial score (nSPS) is 25.2. The highest BCUT2D eigenvalue weighted by Crippen LogP contribution is 2.22. The molecule has 1 heterocycles. The zero-order valence-electron chi connectivity index (χ0n) is 10.1. The van der Waals surface area contributed by atoms with E-state index >= 15 is 0 Å². The number of alkyl halides is 3. The summed E-state index contributed by atoms with van der Waals surface area (Å²) in [4.78, 5) is 12.7. The molecule has 0 bridgehead atoms. The Morgan fingerprint density at radius 1 is 1.28 bits per heavy atom. The maximum absolute atomic E-state index is 12.2. The van der Waals surface area contributed by atoms with Crippen LogP contribution in [0.25, 0.3) is 0 Å². The summed E-state index contributed by atoms with van der Waals surface area (Å²) in [5.41, 5.74) is 0. The summed E-state index contributed by atoms with van der Waals surface area (Å²) in [6, 6.07) is 0.0991. The molecule has 0 aromatic carbocycles. The van der Waals surface area contributed by atoms with Crippen molar-refractivity contribution in [1.82, 2.24) is 15.5 Å². The average molecular weight is 265 g/mol. The van der Waals surface area contributed by atoms with Gasteiger partial charge in [-0.2, -0.15) is 13.2 Å². The Morgan fingerprint density at radius 2 is 2.00 bits per heavy atom. The lowest BCUT2D eigenvalue weighted by molar-refractivity contribution is -0.143. The van der Waals surface area contributed by atoms with Crippen LogP contribution in [-0.2, 0) is 0 Å². The highest BCUT2D eigenvalue weighted by atomic mass is 19.4. The molecule has 0 radical (unpaired) electrons. The SMILES string of the molecule is O=C(NCC1CCN(CC(F)(F)F)C1)NC1CC1. The van der Waals surface area contributed by atoms with Crippen LogP contribution in [0.2, 0.25) is 0 Å². The van der Waals surface area contributed by atoms with Crippen molar-refractivity contribution >= 4 is 6.03 Å². The molecule has 0 aromatic rings. The van der Waals surface area contributed by atoms with E-state index in [-0.39, 0.29) is 11.9 Å². The van der Waals surface area contributed by atoms with Crippen LogP contribution < -0.4 is 10.6 Å². The molecule has 2 aliphatic rings. The van der Waals surface area contributed by atoms with Crippen LogP contribution in [0.3, 0.4) is 0 Å². The number of carbonyl (C=O) groups is 1. The van der Waals surface area contributed by atoms with Crippen LogP contribution in [0.4, 0.5) is 18.0 Å². The number of hydrogen-bond acceptors (Lipinski definition) is 2. The summed E-state index contributed by atoms with van der Waals surface area (Å²) >= 11 is 0. The van der Waals surface area contributed by atoms with Crippen LogP contribution >= 0.6 is 0 Å². The van der Waals surface area contributed by atoms with Crippen molar-refractivity contribution in [2.24, 2.45) is 5.92 Å². The first kappa shape index (κ1) is 13.5. The number of rotatable bonds is 4. The second-order valence-corrected chi connectivity index (χ2v) is 5.13. The van der Waals surface area contributed by atoms with Crippen LogP contribution in [0, 0.1) is 5.92 Å². The standard InChI is InChI=1S/C11H18F3N3O/c12-11(13,14)7-17-4-3-8(6-17)5-15-10(18)16-9-1-2-9/h8-9H,1-7H2,(H2,15,16,18). The van der Waals surface area contributed by atoms with Crippen molar-refractivity contribution in [1.29, 1.82) is 0 Å². The highest BCUT2D eigenvalue weighted by Gasteiger charge is 2.34. The van der Waals surface area contributed by atoms with Crippen LogP contribution in [0.5, 0.6) is 0 Å². The molecule has 1 unspecified atom stereocenters. The second-order valence-electron chi connectivity index (χ2n) is 5.13. The summed E-state index contributed by atoms with van der Waals surface area (Å²) in [5, 5.41) is 5.50. The number of carbonyl (C=O) groups excluding carboxylic acids is 1. The van der Waals surface area contributed by atoms with Gasteiger partial charge in [-0.15, -0.1) is 0 Å². The van der Waals surface area contributed by atoms with E-state index in [1.165, 1.54) is 4.90 Å². The van der Waals surface area contributed by atoms with Crippen molar-refractivity contribution in [3.63, 3.8) is 0 Å². The highest BCUT2D eigenvalue weighted by molar-refractivity contribution is 5.74. The van der Waals surface area contributed by atoms with Gasteiger partial charge in [0, 0.05) is 19.1 Å². The van der Waals surface area contributed by atoms with Crippen LogP contribution in [0.15, 0.2) is 0 Å². The Balaban J connectivity index is 1.61. The molecule has 1 aliphatic carbocycles. The Morgan fingerprint density at radius 3 is 2.61 bits per heavy atom. The Labute approximate surface area is 104 Å². The Kier molecular flexibility index (Phi) is 3.99. The molecule has 1 saturated heterocycles. The topological polar surface area (TPSA) is 44.4 Å². The van der Waals surface area contributed by atoms with Gasteiger partial charge >= 0.3 is 12.2 Å². The fraction of sp³-hybridized carbons (Fsp3) is 0.909. The zero-order valence-corrected chi connectivity index (χ0v) is 10.1. The van der Waals surface area contributed by atoms with Gasteiger partial charge in [-0.05, 0) is 31.7 Å². The molecule has 1 aliphatic heterocycles. The molecule has 0 spiro atoms. The Hall–Kier alpha value is -0.980. The van der Waals surface area contributed by atoms with Crippen molar-refractivity contribution in [2.75, 3.05) is 26.2 Å². The third-order valence-corrected chi connectivity index (χ3v) is 3.24. The predicted molar refractivity (Wildman–Crippen MR) is 60.2 cm³/mol. The molecule has 18 heavy (non-hydrogen) atoms. The summed E-state index contributed by atoms with van der Waals surface area (Å²) < 4.78 is 36.5. The maximum Gasteiger partial charge on any atom is 0.401 e. The molecule has 2 N–H and O–H groups in total. The molecule has 104 valence electrons. The molecule has 0 aromatic heterocycles. The molecule has 2 amide bonds. The van der Waals surface area contributed by atoms with E-state index < -0.39 is 12.7 Å². The van der Waals surface area contributed by atoms with Crippen molar-refractivity contribution in [3.8, 4) is 0 Å². The van der Waals surface area contributed by atoms with Gasteiger partial charge in [0.2, 0.25) is 0 Å². The van der Waals surface area contributed by atoms with Crippen LogP contribution in [0.1, 0.15) is 19.3 Å². The minimum absolute atomic E-state index is 0.123. The number of likely N-dealkylation sites (tertiary alicyclic amines) is 1. The average Bonchev–Trinajstić information content (AvgIpc) is 2.93. The maximum atomic E-state index is 12.2. The van der Waals surface area contributed by atoms with Gasteiger partial charge in [-0.25, -0.2) is 4.79 Å². The van der Waals surface area contributed by atoms with Crippen molar-refractivity contribution < 1.29 is 18.0 Å². The van der Waals surface area contributed by atoms with E-state index in [1.807, 2.05) is 0 Å². The second kappa shape index (κ2) is 5.34. The molecule has 2 rings (SSSR count). The third-order valence-electron chi connectivity index (χ3n) is 3.24. The van der Waals surface area contributed by atoms with E-state index in [0.717, 1.165) is 12.8 Å². The van der Waals surface area contributed by atoms with Gasteiger partial charge in [0.15, 0.2) is 0 Å². The third kappa shape index (κ3) is 4.72. The molecule has 7 heteroatoms. The molecule has 1 saturated carbocycles. The summed E-state index contributed by atoms with van der Waals surface area (Å²) in [5.74, 6) is 0.123. The van der Waals surface area contributed by atoms with Gasteiger partial charge in [-0.1, -0.05) is 0 Å². The van der Waals surface area contributed by atoms with Crippen molar-refractivity contribution in [2.45, 2.75) is 31.5 Å². The van der Waals surface area contributed by atoms with Gasteiger partial charge in [0.25, 0.3) is 0 Å². The summed E-state index contributed by atoms with van der Waals surface area (Å²) in [7, 11) is 0. The number of nitrogens with zero attached hydrogens (tertiary/aromatic N) is 1. The first-order valence-corrected chi connectivity index (χ1v) is 6.26. The number of halogens is 3. The largest absolute Gasteiger partial charge is 0.401 e. The lowest BCUT2D eigenvalue weighted by atomic mass is 10.1. The van der Waals surface area contributed by atoms with E-state index in [0.29, 0.717) is 32.1 Å². The van der Waals surface area contributed by atoms with E-state index in [2.05, 4.69) is 10.6 Å². The zero-order chi connectivity index (χ0) is 13.2. The predicted octanol–water partition coefficient (Wildman–Crippen LogP) is 1.33. The number of hydrogen-bond donors (Lipinski definition) is 2. The van der Waals surface area contributed by atoms with Crippen molar-refractivity contribution in [3.05, 3.63) is 0 Å². The minimum atomic E-state index is -4.13. The minimum Gasteiger partial charge on any atom is -0.338 e. The quantitative estimate of drug-likeness (QED) is 0.805. The molecule has 1 atom stereocenters. The number of urea groups is 1. The van der Waals surface area contributed by atoms with Crippen LogP contribution in [-0.4, -0.2) is 49.3 Å². The molecule has 4 nitrogen and oxygen atoms in total. The van der Waals surface area contributed by atoms with E-state index in [1.54, 1.807) is 0 Å². The van der Waals surface area contributed by atoms with Gasteiger partial charge < -0.3 is 10.6 Å². The lowest BCUT2D eigenvalue weighted by Gasteiger charge is -2.18. The Bertz CT molecular complexity index is 304. The fourth-order valence-corrected chi connectivity index (χ4v) is 2.18. The molecular formula is C11H18F3N3O. The first-order chi connectivity index (χ1) is 8.42. The monoisotopic (exact) mass is 265 g/mol.